The van der Waals surface area contributed by atoms with E-state index in [1.165, 1.54) is 51.6 Å². The summed E-state index contributed by atoms with van der Waals surface area (Å²) in [5.74, 6) is 3.75. The van der Waals surface area contributed by atoms with Gasteiger partial charge in [-0.05, 0) is 93.0 Å². The Labute approximate surface area is 238 Å². The maximum Gasteiger partial charge on any atom is 0.0516 e. The van der Waals surface area contributed by atoms with Crippen LogP contribution in [0.2, 0.25) is 0 Å². The number of alkyl halides is 1. The molecule has 3 aliphatic rings. The number of methoxy groups -OCH3 is 1. The Hall–Kier alpha value is -0.290. The molecule has 38 heavy (non-hydrogen) atoms. The lowest BCUT2D eigenvalue weighted by molar-refractivity contribution is 0.0219. The molecule has 0 aromatic heterocycles. The number of piperidine rings is 1. The summed E-state index contributed by atoms with van der Waals surface area (Å²) in [5, 5.41) is 7.81. The average molecular weight is 570 g/mol. The van der Waals surface area contributed by atoms with Gasteiger partial charge in [-0.15, -0.1) is 11.6 Å². The van der Waals surface area contributed by atoms with Gasteiger partial charge in [0.2, 0.25) is 0 Å². The van der Waals surface area contributed by atoms with Crippen molar-refractivity contribution in [3.8, 4) is 0 Å². The summed E-state index contributed by atoms with van der Waals surface area (Å²) in [5.41, 5.74) is 0.355. The summed E-state index contributed by atoms with van der Waals surface area (Å²) >= 11 is 6.30. The first-order valence-electron chi connectivity index (χ1n) is 13.8. The SMILES string of the molecule is C.COCC1CCC(CNCN[C@@H](CN2CCC(C3C=CC(Cl)CC3)C(C)(C)C2)C(C)C)CC1.O.O.O.O. The van der Waals surface area contributed by atoms with E-state index in [0.29, 0.717) is 23.3 Å². The van der Waals surface area contributed by atoms with Crippen LogP contribution in [0, 0.1) is 35.0 Å². The molecule has 1 saturated carbocycles. The molecule has 1 aliphatic heterocycles. The lowest BCUT2D eigenvalue weighted by atomic mass is 9.65. The summed E-state index contributed by atoms with van der Waals surface area (Å²) in [6.45, 7) is 16.3. The van der Waals surface area contributed by atoms with Gasteiger partial charge in [-0.25, -0.2) is 0 Å². The van der Waals surface area contributed by atoms with Crippen LogP contribution in [0.25, 0.3) is 0 Å². The summed E-state index contributed by atoms with van der Waals surface area (Å²) < 4.78 is 5.34. The van der Waals surface area contributed by atoms with Crippen molar-refractivity contribution in [1.29, 1.82) is 0 Å². The van der Waals surface area contributed by atoms with Gasteiger partial charge in [0.05, 0.1) is 5.38 Å². The monoisotopic (exact) mass is 569 g/mol. The van der Waals surface area contributed by atoms with Crippen molar-refractivity contribution in [2.45, 2.75) is 91.5 Å². The molecule has 3 rings (SSSR count). The quantitative estimate of drug-likeness (QED) is 0.169. The minimum Gasteiger partial charge on any atom is -0.412 e. The third-order valence-electron chi connectivity index (χ3n) is 8.80. The van der Waals surface area contributed by atoms with Crippen LogP contribution in [0.1, 0.15) is 80.1 Å². The number of likely N-dealkylation sites (tertiary alicyclic amines) is 1. The highest BCUT2D eigenvalue weighted by atomic mass is 35.5. The van der Waals surface area contributed by atoms with E-state index in [1.54, 1.807) is 0 Å². The molecule has 9 heteroatoms. The summed E-state index contributed by atoms with van der Waals surface area (Å²) in [4.78, 5) is 2.72. The number of rotatable bonds is 11. The van der Waals surface area contributed by atoms with Crippen LogP contribution in [0.15, 0.2) is 12.2 Å². The van der Waals surface area contributed by atoms with Gasteiger partial charge < -0.3 is 42.2 Å². The molecule has 2 aliphatic carbocycles. The van der Waals surface area contributed by atoms with Gasteiger partial charge in [0.1, 0.15) is 0 Å². The fraction of sp³-hybridized carbons (Fsp3) is 0.931. The van der Waals surface area contributed by atoms with Crippen LogP contribution in [0.5, 0.6) is 0 Å². The second kappa shape index (κ2) is 20.6. The second-order valence-electron chi connectivity index (χ2n) is 12.3. The topological polar surface area (TPSA) is 163 Å². The normalized spacial score (nSPS) is 29.5. The van der Waals surface area contributed by atoms with Gasteiger partial charge in [0, 0.05) is 39.5 Å². The second-order valence-corrected chi connectivity index (χ2v) is 12.8. The van der Waals surface area contributed by atoms with Crippen molar-refractivity contribution in [3.05, 3.63) is 12.2 Å². The summed E-state index contributed by atoms with van der Waals surface area (Å²) in [7, 11) is 1.83. The van der Waals surface area contributed by atoms with E-state index >= 15 is 0 Å². The Bertz CT molecular complexity index is 603. The molecule has 0 bridgehead atoms. The average Bonchev–Trinajstić information content (AvgIpc) is 2.77. The summed E-state index contributed by atoms with van der Waals surface area (Å²) in [6.07, 6.45) is 13.7. The minimum atomic E-state index is 0. The highest BCUT2D eigenvalue weighted by Gasteiger charge is 2.40. The van der Waals surface area contributed by atoms with Crippen LogP contribution in [0.3, 0.4) is 0 Å². The zero-order valence-corrected chi connectivity index (χ0v) is 24.9. The smallest absolute Gasteiger partial charge is 0.0516 e. The molecular weight excluding hydrogens is 506 g/mol. The molecule has 3 unspecified atom stereocenters. The maximum absolute atomic E-state index is 6.30. The van der Waals surface area contributed by atoms with Crippen molar-refractivity contribution >= 4 is 11.6 Å². The Morgan fingerprint density at radius 2 is 1.58 bits per heavy atom. The van der Waals surface area contributed by atoms with Crippen molar-refractivity contribution in [2.24, 2.45) is 35.0 Å². The Balaban J connectivity index is -0.00000245. The van der Waals surface area contributed by atoms with Crippen molar-refractivity contribution < 1.29 is 26.6 Å². The highest BCUT2D eigenvalue weighted by molar-refractivity contribution is 6.21. The number of halogens is 1. The zero-order valence-electron chi connectivity index (χ0n) is 24.1. The molecule has 10 N–H and O–H groups in total. The summed E-state index contributed by atoms with van der Waals surface area (Å²) in [6, 6.07) is 0.536. The Kier molecular flexibility index (Phi) is 22.8. The van der Waals surface area contributed by atoms with Gasteiger partial charge in [0.15, 0.2) is 0 Å². The molecule has 0 radical (unpaired) electrons. The van der Waals surface area contributed by atoms with Gasteiger partial charge in [0.25, 0.3) is 0 Å². The molecule has 1 saturated heterocycles. The molecule has 232 valence electrons. The first-order valence-corrected chi connectivity index (χ1v) is 14.2. The van der Waals surface area contributed by atoms with Crippen LogP contribution >= 0.6 is 11.6 Å². The number of hydrogen-bond acceptors (Lipinski definition) is 4. The standard InChI is InChI=1S/C28H52ClN3O.CH4.4H2O/c1-21(2)27(31-20-30-16-22-6-8-23(9-7-22)18-33-5)17-32-15-14-26(28(3,4)19-32)24-10-12-25(29)13-11-24;;;;;/h10,12,21-27,30-31H,6-9,11,13-20H2,1-5H3;1H4;4*1H2/t22?,23?,24?,25?,26?,27-;;;;;/m0...../s1. The van der Waals surface area contributed by atoms with Crippen LogP contribution in [-0.2, 0) is 4.74 Å². The molecule has 8 nitrogen and oxygen atoms in total. The number of allylic oxidation sites excluding steroid dienone is 2. The first kappa shape index (κ1) is 42.2. The molecule has 2 fully saturated rings. The first-order chi connectivity index (χ1) is 15.8. The predicted octanol–water partition coefficient (Wildman–Crippen LogP) is 2.86. The number of ether oxygens (including phenoxy) is 1. The van der Waals surface area contributed by atoms with Crippen molar-refractivity contribution in [1.82, 2.24) is 15.5 Å². The molecule has 0 aromatic rings. The molecular formula is C29H64ClN3O5. The largest absolute Gasteiger partial charge is 0.412 e. The van der Waals surface area contributed by atoms with E-state index in [1.807, 2.05) is 7.11 Å². The highest BCUT2D eigenvalue weighted by Crippen LogP contribution is 2.43. The van der Waals surface area contributed by atoms with Crippen molar-refractivity contribution in [3.63, 3.8) is 0 Å². The number of hydrogen-bond donors (Lipinski definition) is 2. The van der Waals surface area contributed by atoms with Crippen LogP contribution in [0.4, 0.5) is 0 Å². The molecule has 0 spiro atoms. The number of nitrogens with one attached hydrogen (secondary N) is 2. The lowest BCUT2D eigenvalue weighted by Gasteiger charge is -2.48. The van der Waals surface area contributed by atoms with Gasteiger partial charge in [-0.3, -0.25) is 0 Å². The predicted molar refractivity (Wildman–Crippen MR) is 163 cm³/mol. The Morgan fingerprint density at radius 1 is 0.947 bits per heavy atom. The van der Waals surface area contributed by atoms with E-state index in [4.69, 9.17) is 16.3 Å². The van der Waals surface area contributed by atoms with Crippen LogP contribution < -0.4 is 10.6 Å². The van der Waals surface area contributed by atoms with Crippen molar-refractivity contribution in [2.75, 3.05) is 46.6 Å². The van der Waals surface area contributed by atoms with E-state index in [0.717, 1.165) is 50.5 Å². The van der Waals surface area contributed by atoms with E-state index in [2.05, 4.69) is 55.4 Å². The lowest BCUT2D eigenvalue weighted by Crippen LogP contribution is -2.53. The van der Waals surface area contributed by atoms with Gasteiger partial charge >= 0.3 is 0 Å². The molecule has 4 atom stereocenters. The van der Waals surface area contributed by atoms with Gasteiger partial charge in [-0.2, -0.15) is 0 Å². The zero-order chi connectivity index (χ0) is 23.8. The molecule has 0 amide bonds. The van der Waals surface area contributed by atoms with E-state index in [-0.39, 0.29) is 34.7 Å². The Morgan fingerprint density at radius 3 is 2.11 bits per heavy atom. The number of nitrogens with zero attached hydrogens (tertiary/aromatic N) is 1. The van der Waals surface area contributed by atoms with Crippen LogP contribution in [-0.4, -0.2) is 84.8 Å². The maximum atomic E-state index is 6.30. The van der Waals surface area contributed by atoms with E-state index < -0.39 is 0 Å². The molecule has 0 aromatic carbocycles. The van der Waals surface area contributed by atoms with E-state index in [9.17, 15) is 0 Å². The fourth-order valence-corrected chi connectivity index (χ4v) is 6.89. The third-order valence-corrected chi connectivity index (χ3v) is 9.17. The van der Waals surface area contributed by atoms with Gasteiger partial charge in [-0.1, -0.05) is 47.3 Å². The molecule has 1 heterocycles. The fourth-order valence-electron chi connectivity index (χ4n) is 6.68. The third kappa shape index (κ3) is 12.9. The minimum absolute atomic E-state index is 0.